The highest BCUT2D eigenvalue weighted by Crippen LogP contribution is 2.39. The van der Waals surface area contributed by atoms with Gasteiger partial charge in [-0.1, -0.05) is 19.1 Å². The van der Waals surface area contributed by atoms with Gasteiger partial charge in [-0.2, -0.15) is 0 Å². The van der Waals surface area contributed by atoms with Crippen LogP contribution in [0.5, 0.6) is 0 Å². The third-order valence-corrected chi connectivity index (χ3v) is 4.24. The van der Waals surface area contributed by atoms with Gasteiger partial charge < -0.3 is 0 Å². The van der Waals surface area contributed by atoms with Gasteiger partial charge >= 0.3 is 0 Å². The first-order chi connectivity index (χ1) is 10.5. The van der Waals surface area contributed by atoms with Gasteiger partial charge in [-0.15, -0.1) is 0 Å². The van der Waals surface area contributed by atoms with E-state index in [2.05, 4.69) is 19.1 Å². The fourth-order valence-electron chi connectivity index (χ4n) is 3.01. The molecule has 0 N–H and O–H groups in total. The van der Waals surface area contributed by atoms with Gasteiger partial charge in [0, 0.05) is 5.92 Å². The van der Waals surface area contributed by atoms with Crippen molar-refractivity contribution in [3.8, 4) is 0 Å². The third-order valence-electron chi connectivity index (χ3n) is 4.24. The van der Waals surface area contributed by atoms with E-state index in [1.165, 1.54) is 0 Å². The van der Waals surface area contributed by atoms with Crippen molar-refractivity contribution in [3.05, 3.63) is 53.2 Å². The Labute approximate surface area is 129 Å². The molecule has 4 heteroatoms. The Hall–Kier alpha value is -1.32. The normalized spacial score (nSPS) is 23.3. The summed E-state index contributed by atoms with van der Waals surface area (Å²) in [5.74, 6) is -3.35. The Morgan fingerprint density at radius 1 is 1.14 bits per heavy atom. The summed E-state index contributed by atoms with van der Waals surface area (Å²) in [6.45, 7) is 2.07. The van der Waals surface area contributed by atoms with Crippen molar-refractivity contribution >= 4 is 0 Å². The molecule has 1 fully saturated rings. The molecule has 0 nitrogen and oxygen atoms in total. The Kier molecular flexibility index (Phi) is 6.04. The second kappa shape index (κ2) is 7.80. The smallest absolute Gasteiger partial charge is 0.194 e. The minimum Gasteiger partial charge on any atom is -0.246 e. The molecule has 121 valence electrons. The van der Waals surface area contributed by atoms with Crippen molar-refractivity contribution in [2.45, 2.75) is 51.6 Å². The van der Waals surface area contributed by atoms with E-state index in [0.717, 1.165) is 37.8 Å². The fourth-order valence-corrected chi connectivity index (χ4v) is 3.01. The molecule has 1 saturated carbocycles. The second-order valence-electron chi connectivity index (χ2n) is 5.84. The van der Waals surface area contributed by atoms with Gasteiger partial charge in [0.25, 0.3) is 0 Å². The number of hydrogen-bond acceptors (Lipinski definition) is 0. The molecular formula is C18H21F4. The average Bonchev–Trinajstić information content (AvgIpc) is 2.49. The molecule has 1 aliphatic carbocycles. The predicted molar refractivity (Wildman–Crippen MR) is 79.6 cm³/mol. The fraction of sp³-hybridized carbons (Fsp3) is 0.500. The number of hydrogen-bond donors (Lipinski definition) is 0. The zero-order valence-corrected chi connectivity index (χ0v) is 12.7. The Morgan fingerprint density at radius 2 is 1.82 bits per heavy atom. The van der Waals surface area contributed by atoms with Crippen LogP contribution in [0.2, 0.25) is 0 Å². The van der Waals surface area contributed by atoms with Crippen LogP contribution < -0.4 is 0 Å². The van der Waals surface area contributed by atoms with Crippen molar-refractivity contribution in [2.24, 2.45) is 5.92 Å². The van der Waals surface area contributed by atoms with E-state index in [4.69, 9.17) is 0 Å². The topological polar surface area (TPSA) is 0 Å². The van der Waals surface area contributed by atoms with Crippen LogP contribution >= 0.6 is 0 Å². The monoisotopic (exact) mass is 313 g/mol. The summed E-state index contributed by atoms with van der Waals surface area (Å²) in [4.78, 5) is 0. The molecule has 0 aromatic heterocycles. The molecule has 0 saturated heterocycles. The largest absolute Gasteiger partial charge is 0.246 e. The van der Waals surface area contributed by atoms with Crippen molar-refractivity contribution in [1.82, 2.24) is 0 Å². The summed E-state index contributed by atoms with van der Waals surface area (Å²) in [6.07, 6.45) is 7.49. The summed E-state index contributed by atoms with van der Waals surface area (Å²) < 4.78 is 53.9. The molecular weight excluding hydrogens is 292 g/mol. The van der Waals surface area contributed by atoms with E-state index < -0.39 is 23.6 Å². The number of alkyl halides is 1. The van der Waals surface area contributed by atoms with Gasteiger partial charge in [0.05, 0.1) is 0 Å². The third kappa shape index (κ3) is 4.11. The number of rotatable bonds is 5. The quantitative estimate of drug-likeness (QED) is 0.360. The summed E-state index contributed by atoms with van der Waals surface area (Å²) in [6, 6.07) is 1.79. The first-order valence-corrected chi connectivity index (χ1v) is 7.82. The van der Waals surface area contributed by atoms with Gasteiger partial charge in [-0.05, 0) is 62.1 Å². The molecule has 0 heterocycles. The van der Waals surface area contributed by atoms with Gasteiger partial charge in [-0.3, -0.25) is 0 Å². The molecule has 1 unspecified atom stereocenters. The minimum atomic E-state index is -1.50. The summed E-state index contributed by atoms with van der Waals surface area (Å²) in [7, 11) is 0. The molecule has 1 aromatic carbocycles. The van der Waals surface area contributed by atoms with Crippen LogP contribution in [0.4, 0.5) is 17.6 Å². The van der Waals surface area contributed by atoms with Gasteiger partial charge in [0.15, 0.2) is 17.5 Å². The zero-order valence-electron chi connectivity index (χ0n) is 12.7. The Balaban J connectivity index is 1.97. The minimum absolute atomic E-state index is 0.147. The van der Waals surface area contributed by atoms with Crippen LogP contribution in [0.25, 0.3) is 0 Å². The van der Waals surface area contributed by atoms with Crippen LogP contribution in [0.3, 0.4) is 0 Å². The lowest BCUT2D eigenvalue weighted by molar-refractivity contribution is 0.222. The number of benzene rings is 1. The molecule has 2 rings (SSSR count). The molecule has 0 amide bonds. The molecule has 0 aliphatic heterocycles. The standard InChI is InChI=1S/C18H21F4/c1-2-3-4-5-6-12-7-8-14(15(19)9-12)13-10-16(20)18(22)17(21)11-13/h3-4,10-12,15H,2,5-9H2,1H3/t12-,15?/m1/s1. The van der Waals surface area contributed by atoms with E-state index >= 15 is 0 Å². The highest BCUT2D eigenvalue weighted by Gasteiger charge is 2.32. The van der Waals surface area contributed by atoms with Crippen LogP contribution in [-0.2, 0) is 0 Å². The van der Waals surface area contributed by atoms with E-state index in [1.807, 2.05) is 0 Å². The maximum Gasteiger partial charge on any atom is 0.194 e. The van der Waals surface area contributed by atoms with E-state index in [0.29, 0.717) is 18.8 Å². The van der Waals surface area contributed by atoms with Gasteiger partial charge in [0.2, 0.25) is 0 Å². The Morgan fingerprint density at radius 3 is 2.41 bits per heavy atom. The van der Waals surface area contributed by atoms with Crippen molar-refractivity contribution in [1.29, 1.82) is 0 Å². The molecule has 1 radical (unpaired) electrons. The summed E-state index contributed by atoms with van der Waals surface area (Å²) >= 11 is 0. The van der Waals surface area contributed by atoms with Gasteiger partial charge in [0.1, 0.15) is 6.17 Å². The van der Waals surface area contributed by atoms with E-state index in [-0.39, 0.29) is 11.5 Å². The molecule has 0 bridgehead atoms. The number of halogens is 4. The summed E-state index contributed by atoms with van der Waals surface area (Å²) in [5.41, 5.74) is 0.147. The highest BCUT2D eigenvalue weighted by atomic mass is 19.2. The molecule has 1 aliphatic rings. The SMILES string of the molecule is CCC=CCC[C@@H]1CC[C](c2cc(F)c(F)c(F)c2)C(F)C1. The maximum atomic E-state index is 14.3. The second-order valence-corrected chi connectivity index (χ2v) is 5.84. The summed E-state index contributed by atoms with van der Waals surface area (Å²) in [5, 5.41) is 0. The lowest BCUT2D eigenvalue weighted by Crippen LogP contribution is -2.25. The predicted octanol–water partition coefficient (Wildman–Crippen LogP) is 5.91. The zero-order chi connectivity index (χ0) is 16.1. The molecule has 0 spiro atoms. The van der Waals surface area contributed by atoms with Crippen LogP contribution in [0, 0.1) is 29.3 Å². The first-order valence-electron chi connectivity index (χ1n) is 7.82. The van der Waals surface area contributed by atoms with Crippen LogP contribution in [-0.4, -0.2) is 6.17 Å². The van der Waals surface area contributed by atoms with Crippen molar-refractivity contribution in [2.75, 3.05) is 0 Å². The lowest BCUT2D eigenvalue weighted by atomic mass is 9.76. The van der Waals surface area contributed by atoms with Gasteiger partial charge in [-0.25, -0.2) is 17.6 Å². The van der Waals surface area contributed by atoms with Crippen molar-refractivity contribution < 1.29 is 17.6 Å². The molecule has 22 heavy (non-hydrogen) atoms. The lowest BCUT2D eigenvalue weighted by Gasteiger charge is -2.31. The first kappa shape index (κ1) is 17.0. The Bertz CT molecular complexity index is 501. The molecule has 1 aromatic rings. The van der Waals surface area contributed by atoms with Crippen LogP contribution in [0.15, 0.2) is 24.3 Å². The maximum absolute atomic E-state index is 14.3. The molecule has 2 atom stereocenters. The average molecular weight is 313 g/mol. The van der Waals surface area contributed by atoms with E-state index in [1.54, 1.807) is 0 Å². The highest BCUT2D eigenvalue weighted by molar-refractivity contribution is 5.35. The van der Waals surface area contributed by atoms with Crippen molar-refractivity contribution in [3.63, 3.8) is 0 Å². The van der Waals surface area contributed by atoms with Crippen LogP contribution in [0.1, 0.15) is 51.0 Å². The van der Waals surface area contributed by atoms with E-state index in [9.17, 15) is 17.6 Å². The number of allylic oxidation sites excluding steroid dienone is 2.